The number of carbonyl (C=O) groups excluding carboxylic acids is 3. The number of carbonyl (C=O) groups is 3. The van der Waals surface area contributed by atoms with E-state index in [0.717, 1.165) is 65.9 Å². The molecule has 2 N–H and O–H groups in total. The topological polar surface area (TPSA) is 134 Å². The minimum Gasteiger partial charge on any atom is -0.496 e. The van der Waals surface area contributed by atoms with Gasteiger partial charge in [-0.05, 0) is 67.8 Å². The molecule has 1 spiro atoms. The maximum absolute atomic E-state index is 15.3. The highest BCUT2D eigenvalue weighted by atomic mass is 16.6. The Bertz CT molecular complexity index is 2270. The van der Waals surface area contributed by atoms with Crippen molar-refractivity contribution in [2.45, 2.75) is 87.5 Å². The Hall–Kier alpha value is -4.65. The third-order valence-corrected chi connectivity index (χ3v) is 15.1. The number of esters is 3. The molecule has 9 rings (SSSR count). The van der Waals surface area contributed by atoms with Crippen LogP contribution in [0, 0.1) is 11.3 Å². The standard InChI is InChI=1S/C46H56N4O8/c1-8-28-21-29-24-45(41(52)56-6,37-31(15-19-49(25-28)26-29)30-13-10-11-14-34(30)47-37)33-22-32-35(23-36(33)55-5)48(4)39-44(32)17-20-50-18-12-16-43(9-2,38(44)50)40(58-27(3)51)46(39,54)42(53)57-7/h10-14,16,21-23,29,38-40,47,54H,8-9,15,17-20,24-26H2,1-7H3/t29-,38+,39+,40-,43-,44+,45-,46-/m1/s1. The van der Waals surface area contributed by atoms with Gasteiger partial charge in [0.1, 0.15) is 11.2 Å². The van der Waals surface area contributed by atoms with E-state index in [1.807, 2.05) is 37.1 Å². The van der Waals surface area contributed by atoms with Gasteiger partial charge in [-0.3, -0.25) is 19.4 Å². The van der Waals surface area contributed by atoms with Gasteiger partial charge in [0.05, 0.1) is 27.4 Å². The van der Waals surface area contributed by atoms with E-state index in [2.05, 4.69) is 58.1 Å². The molecule has 0 amide bonds. The average Bonchev–Trinajstić information content (AvgIpc) is 3.89. The van der Waals surface area contributed by atoms with Crippen molar-refractivity contribution >= 4 is 34.5 Å². The number of nitrogens with zero attached hydrogens (tertiary/aromatic N) is 3. The summed E-state index contributed by atoms with van der Waals surface area (Å²) in [4.78, 5) is 53.4. The number of aliphatic hydroxyl groups is 1. The maximum Gasteiger partial charge on any atom is 0.344 e. The van der Waals surface area contributed by atoms with E-state index in [1.54, 1.807) is 7.11 Å². The first-order valence-corrected chi connectivity index (χ1v) is 20.8. The highest BCUT2D eigenvalue weighted by molar-refractivity contribution is 5.95. The third-order valence-electron chi connectivity index (χ3n) is 15.1. The molecule has 6 aliphatic rings. The first kappa shape index (κ1) is 38.8. The zero-order valence-electron chi connectivity index (χ0n) is 34.7. The van der Waals surface area contributed by atoms with Crippen molar-refractivity contribution in [3.63, 3.8) is 0 Å². The Labute approximate surface area is 340 Å². The lowest BCUT2D eigenvalue weighted by atomic mass is 9.47. The molecule has 0 radical (unpaired) electrons. The van der Waals surface area contributed by atoms with Gasteiger partial charge in [0.25, 0.3) is 0 Å². The largest absolute Gasteiger partial charge is 0.496 e. The molecule has 2 aromatic carbocycles. The molecule has 3 aromatic rings. The van der Waals surface area contributed by atoms with Crippen molar-refractivity contribution < 1.29 is 38.4 Å². The molecule has 5 aliphatic heterocycles. The number of likely N-dealkylation sites (N-methyl/N-ethyl adjacent to an activating group) is 1. The predicted molar refractivity (Wildman–Crippen MR) is 219 cm³/mol. The van der Waals surface area contributed by atoms with Crippen molar-refractivity contribution in [1.29, 1.82) is 0 Å². The van der Waals surface area contributed by atoms with Crippen molar-refractivity contribution in [2.24, 2.45) is 11.3 Å². The number of rotatable bonds is 7. The second kappa shape index (κ2) is 13.7. The monoisotopic (exact) mass is 792 g/mol. The summed E-state index contributed by atoms with van der Waals surface area (Å²) in [7, 11) is 6.24. The average molecular weight is 793 g/mol. The molecule has 308 valence electrons. The van der Waals surface area contributed by atoms with E-state index >= 15 is 4.79 Å². The van der Waals surface area contributed by atoms with Crippen LogP contribution in [0.25, 0.3) is 10.9 Å². The summed E-state index contributed by atoms with van der Waals surface area (Å²) in [5, 5.41) is 14.4. The van der Waals surface area contributed by atoms with Crippen molar-refractivity contribution in [2.75, 3.05) is 66.0 Å². The normalized spacial score (nSPS) is 34.7. The van der Waals surface area contributed by atoms with Crippen molar-refractivity contribution in [3.8, 4) is 5.75 Å². The van der Waals surface area contributed by atoms with Crippen LogP contribution in [0.1, 0.15) is 68.8 Å². The first-order chi connectivity index (χ1) is 27.9. The molecule has 2 fully saturated rings. The van der Waals surface area contributed by atoms with Gasteiger partial charge in [-0.25, -0.2) is 4.79 Å². The first-order valence-electron chi connectivity index (χ1n) is 20.8. The fourth-order valence-corrected chi connectivity index (χ4v) is 13.0. The van der Waals surface area contributed by atoms with Crippen LogP contribution >= 0.6 is 0 Å². The van der Waals surface area contributed by atoms with Crippen molar-refractivity contribution in [3.05, 3.63) is 82.6 Å². The van der Waals surface area contributed by atoms with Crippen LogP contribution in [0.3, 0.4) is 0 Å². The number of hydrogen-bond acceptors (Lipinski definition) is 11. The highest BCUT2D eigenvalue weighted by Gasteiger charge is 2.80. The van der Waals surface area contributed by atoms with Crippen LogP contribution in [0.4, 0.5) is 5.69 Å². The van der Waals surface area contributed by atoms with Crippen LogP contribution < -0.4 is 9.64 Å². The fourth-order valence-electron chi connectivity index (χ4n) is 13.0. The fraction of sp³-hybridized carbons (Fsp3) is 0.543. The number of H-pyrrole nitrogens is 1. The van der Waals surface area contributed by atoms with Crippen LogP contribution in [0.15, 0.2) is 60.2 Å². The molecule has 6 heterocycles. The maximum atomic E-state index is 15.3. The van der Waals surface area contributed by atoms with Crippen LogP contribution in [0.2, 0.25) is 0 Å². The minimum atomic E-state index is -2.28. The van der Waals surface area contributed by atoms with Gasteiger partial charge < -0.3 is 33.9 Å². The summed E-state index contributed by atoms with van der Waals surface area (Å²) in [6.07, 6.45) is 8.43. The van der Waals surface area contributed by atoms with E-state index < -0.39 is 45.9 Å². The van der Waals surface area contributed by atoms with Crippen LogP contribution in [-0.4, -0.2) is 123 Å². The summed E-state index contributed by atoms with van der Waals surface area (Å²) >= 11 is 0. The Kier molecular flexibility index (Phi) is 9.18. The smallest absolute Gasteiger partial charge is 0.344 e. The molecule has 2 bridgehead atoms. The van der Waals surface area contributed by atoms with Gasteiger partial charge in [-0.15, -0.1) is 0 Å². The molecule has 58 heavy (non-hydrogen) atoms. The van der Waals surface area contributed by atoms with Gasteiger partial charge in [-0.1, -0.05) is 55.8 Å². The predicted octanol–water partition coefficient (Wildman–Crippen LogP) is 4.80. The summed E-state index contributed by atoms with van der Waals surface area (Å²) in [5.74, 6) is -1.31. The molecule has 12 heteroatoms. The molecule has 1 saturated carbocycles. The molecule has 1 aliphatic carbocycles. The zero-order valence-corrected chi connectivity index (χ0v) is 34.7. The summed E-state index contributed by atoms with van der Waals surface area (Å²) < 4.78 is 24.0. The number of aromatic nitrogens is 1. The quantitative estimate of drug-likeness (QED) is 0.194. The number of aromatic amines is 1. The van der Waals surface area contributed by atoms with Crippen molar-refractivity contribution in [1.82, 2.24) is 14.8 Å². The second-order valence-electron chi connectivity index (χ2n) is 17.5. The van der Waals surface area contributed by atoms with E-state index in [9.17, 15) is 14.7 Å². The molecule has 12 nitrogen and oxygen atoms in total. The number of nitrogens with one attached hydrogen (secondary N) is 1. The van der Waals surface area contributed by atoms with Gasteiger partial charge in [0.2, 0.25) is 5.60 Å². The molecule has 1 aromatic heterocycles. The Morgan fingerprint density at radius 1 is 1.00 bits per heavy atom. The number of hydrogen-bond donors (Lipinski definition) is 2. The lowest BCUT2D eigenvalue weighted by Gasteiger charge is -2.63. The Balaban J connectivity index is 1.37. The molecule has 1 unspecified atom stereocenters. The molecular formula is C46H56N4O8. The Morgan fingerprint density at radius 3 is 2.48 bits per heavy atom. The minimum absolute atomic E-state index is 0.0217. The number of fused-ring (bicyclic) bond motifs is 6. The number of anilines is 1. The number of benzene rings is 2. The van der Waals surface area contributed by atoms with Gasteiger partial charge in [0.15, 0.2) is 6.10 Å². The second-order valence-corrected chi connectivity index (χ2v) is 17.5. The van der Waals surface area contributed by atoms with Gasteiger partial charge >= 0.3 is 17.9 Å². The SMILES string of the molecule is CCC1=C[C@H]2CN(CCc3c([nH]c4ccccc34)[C@](C(=O)OC)(c3cc4c(cc3OC)N(C)[C@@H]3[C@](O)(C(=O)OC)[C@H](OC(C)=O)[C@]5(CC)C=CCN6CC[C@@]43[C@@H]65)C2)C1. The Morgan fingerprint density at radius 2 is 1.78 bits per heavy atom. The van der Waals surface area contributed by atoms with E-state index in [0.29, 0.717) is 43.7 Å². The molecule has 9 atom stereocenters. The number of methoxy groups -OCH3 is 3. The van der Waals surface area contributed by atoms with E-state index in [-0.39, 0.29) is 17.9 Å². The molecule has 1 saturated heterocycles. The number of para-hydroxylation sites is 1. The van der Waals surface area contributed by atoms with Gasteiger partial charge in [-0.2, -0.15) is 0 Å². The van der Waals surface area contributed by atoms with E-state index in [1.165, 1.54) is 26.7 Å². The van der Waals surface area contributed by atoms with E-state index in [4.69, 9.17) is 18.9 Å². The summed E-state index contributed by atoms with van der Waals surface area (Å²) in [5.41, 5.74) is 1.10. The lowest BCUT2D eigenvalue weighted by Crippen LogP contribution is -2.81. The highest BCUT2D eigenvalue weighted by Crippen LogP contribution is 2.68. The summed E-state index contributed by atoms with van der Waals surface area (Å²) in [6, 6.07) is 11.2. The van der Waals surface area contributed by atoms with Crippen LogP contribution in [-0.2, 0) is 45.8 Å². The van der Waals surface area contributed by atoms with Crippen LogP contribution in [0.5, 0.6) is 5.75 Å². The lowest BCUT2D eigenvalue weighted by molar-refractivity contribution is -0.228. The molecular weight excluding hydrogens is 737 g/mol. The summed E-state index contributed by atoms with van der Waals surface area (Å²) in [6.45, 7) is 9.44. The zero-order chi connectivity index (χ0) is 40.9. The third kappa shape index (κ3) is 4.94. The number of ether oxygens (including phenoxy) is 4. The van der Waals surface area contributed by atoms with Gasteiger partial charge in [0, 0.05) is 90.9 Å².